The van der Waals surface area contributed by atoms with Crippen LogP contribution in [0.3, 0.4) is 0 Å². The summed E-state index contributed by atoms with van der Waals surface area (Å²) in [6.45, 7) is 1.70. The number of rotatable bonds is 5. The lowest BCUT2D eigenvalue weighted by molar-refractivity contribution is 0.382. The standard InChI is InChI=1S/C24H17F5N2S/c1-13(24-30-16(12-32-24)14-8-4-2-5-9-14)22(15-10-6-3-7-11-15)31-23-20(28)18(26)17(25)19(27)21(23)29/h2-11,16,31H,12H2,1H3. The van der Waals surface area contributed by atoms with E-state index in [0.717, 1.165) is 5.56 Å². The molecule has 0 aliphatic carbocycles. The van der Waals surface area contributed by atoms with Gasteiger partial charge in [0.15, 0.2) is 23.3 Å². The molecular formula is C24H17F5N2S. The van der Waals surface area contributed by atoms with E-state index in [-0.39, 0.29) is 11.7 Å². The van der Waals surface area contributed by atoms with Gasteiger partial charge in [-0.25, -0.2) is 22.0 Å². The Morgan fingerprint density at radius 2 is 1.34 bits per heavy atom. The highest BCUT2D eigenvalue weighted by Crippen LogP contribution is 2.36. The minimum absolute atomic E-state index is 0.0997. The molecule has 1 atom stereocenters. The normalized spacial score (nSPS) is 16.6. The molecule has 1 unspecified atom stereocenters. The molecule has 0 saturated carbocycles. The lowest BCUT2D eigenvalue weighted by Crippen LogP contribution is -2.12. The van der Waals surface area contributed by atoms with Gasteiger partial charge in [0, 0.05) is 11.3 Å². The monoisotopic (exact) mass is 460 g/mol. The molecule has 1 aliphatic rings. The van der Waals surface area contributed by atoms with Crippen molar-refractivity contribution >= 4 is 28.2 Å². The Morgan fingerprint density at radius 1 is 0.812 bits per heavy atom. The lowest BCUT2D eigenvalue weighted by Gasteiger charge is -2.17. The molecule has 164 valence electrons. The van der Waals surface area contributed by atoms with Crippen LogP contribution in [0.4, 0.5) is 27.6 Å². The van der Waals surface area contributed by atoms with E-state index in [2.05, 4.69) is 5.32 Å². The van der Waals surface area contributed by atoms with E-state index in [9.17, 15) is 22.0 Å². The summed E-state index contributed by atoms with van der Waals surface area (Å²) in [6.07, 6.45) is 0. The van der Waals surface area contributed by atoms with Crippen molar-refractivity contribution in [3.8, 4) is 0 Å². The molecule has 3 aromatic rings. The van der Waals surface area contributed by atoms with Crippen LogP contribution >= 0.6 is 11.8 Å². The topological polar surface area (TPSA) is 24.4 Å². The average molecular weight is 460 g/mol. The van der Waals surface area contributed by atoms with Gasteiger partial charge in [-0.05, 0) is 18.1 Å². The molecule has 32 heavy (non-hydrogen) atoms. The number of hydrogen-bond donors (Lipinski definition) is 1. The van der Waals surface area contributed by atoms with E-state index in [4.69, 9.17) is 4.99 Å². The maximum atomic E-state index is 14.4. The molecule has 0 bridgehead atoms. The first kappa shape index (κ1) is 22.1. The van der Waals surface area contributed by atoms with Crippen LogP contribution in [0.25, 0.3) is 5.70 Å². The Labute approximate surface area is 185 Å². The van der Waals surface area contributed by atoms with Crippen LogP contribution in [0.1, 0.15) is 24.1 Å². The third-order valence-electron chi connectivity index (χ3n) is 5.05. The molecule has 1 N–H and O–H groups in total. The summed E-state index contributed by atoms with van der Waals surface area (Å²) in [4.78, 5) is 4.73. The Bertz CT molecular complexity index is 1180. The van der Waals surface area contributed by atoms with Crippen molar-refractivity contribution in [3.63, 3.8) is 0 Å². The van der Waals surface area contributed by atoms with E-state index in [1.165, 1.54) is 11.8 Å². The zero-order valence-corrected chi connectivity index (χ0v) is 17.6. The molecule has 1 aliphatic heterocycles. The molecule has 0 fully saturated rings. The number of hydrogen-bond acceptors (Lipinski definition) is 3. The Balaban J connectivity index is 1.80. The van der Waals surface area contributed by atoms with E-state index < -0.39 is 34.8 Å². The maximum Gasteiger partial charge on any atom is 0.200 e. The highest BCUT2D eigenvalue weighted by molar-refractivity contribution is 8.14. The molecule has 0 spiro atoms. The SMILES string of the molecule is CC(C1=NC(c2ccccc2)CS1)=C(Nc1c(F)c(F)c(F)c(F)c1F)c1ccccc1. The van der Waals surface area contributed by atoms with Gasteiger partial charge in [0.2, 0.25) is 5.82 Å². The molecule has 0 aromatic heterocycles. The summed E-state index contributed by atoms with van der Waals surface area (Å²) in [5, 5.41) is 3.08. The first-order valence-electron chi connectivity index (χ1n) is 9.69. The van der Waals surface area contributed by atoms with Crippen LogP contribution in [0.2, 0.25) is 0 Å². The second kappa shape index (κ2) is 9.16. The fourth-order valence-electron chi connectivity index (χ4n) is 3.36. The summed E-state index contributed by atoms with van der Waals surface area (Å²) in [5.74, 6) is -9.40. The molecular weight excluding hydrogens is 443 g/mol. The highest BCUT2D eigenvalue weighted by Gasteiger charge is 2.28. The first-order valence-corrected chi connectivity index (χ1v) is 10.7. The van der Waals surface area contributed by atoms with E-state index in [1.807, 2.05) is 30.3 Å². The van der Waals surface area contributed by atoms with Gasteiger partial charge < -0.3 is 5.32 Å². The third kappa shape index (κ3) is 4.14. The van der Waals surface area contributed by atoms with Crippen LogP contribution in [0, 0.1) is 29.1 Å². The fourth-order valence-corrected chi connectivity index (χ4v) is 4.46. The summed E-state index contributed by atoms with van der Waals surface area (Å²) < 4.78 is 69.7. The summed E-state index contributed by atoms with van der Waals surface area (Å²) in [7, 11) is 0. The fraction of sp³-hybridized carbons (Fsp3) is 0.125. The van der Waals surface area contributed by atoms with Crippen LogP contribution in [-0.2, 0) is 0 Å². The summed E-state index contributed by atoms with van der Waals surface area (Å²) >= 11 is 1.46. The summed E-state index contributed by atoms with van der Waals surface area (Å²) in [5.41, 5.74) is 1.16. The number of benzene rings is 3. The van der Waals surface area contributed by atoms with Crippen molar-refractivity contribution in [3.05, 3.63) is 106 Å². The minimum Gasteiger partial charge on any atom is -0.350 e. The Morgan fingerprint density at radius 3 is 1.94 bits per heavy atom. The zero-order chi connectivity index (χ0) is 22.8. The zero-order valence-electron chi connectivity index (χ0n) is 16.8. The Hall–Kier alpha value is -3.13. The van der Waals surface area contributed by atoms with Gasteiger partial charge in [-0.15, -0.1) is 11.8 Å². The van der Waals surface area contributed by atoms with Gasteiger partial charge in [0.05, 0.1) is 16.8 Å². The molecule has 1 heterocycles. The van der Waals surface area contributed by atoms with Crippen LogP contribution < -0.4 is 5.32 Å². The van der Waals surface area contributed by atoms with Gasteiger partial charge in [-0.2, -0.15) is 0 Å². The smallest absolute Gasteiger partial charge is 0.200 e. The van der Waals surface area contributed by atoms with Gasteiger partial charge in [-0.1, -0.05) is 60.7 Å². The Kier molecular flexibility index (Phi) is 6.32. The predicted molar refractivity (Wildman–Crippen MR) is 118 cm³/mol. The van der Waals surface area contributed by atoms with Crippen molar-refractivity contribution in [1.82, 2.24) is 0 Å². The lowest BCUT2D eigenvalue weighted by atomic mass is 10.1. The molecule has 8 heteroatoms. The van der Waals surface area contributed by atoms with Gasteiger partial charge in [0.1, 0.15) is 5.69 Å². The second-order valence-electron chi connectivity index (χ2n) is 7.11. The van der Waals surface area contributed by atoms with Crippen LogP contribution in [0.15, 0.2) is 71.2 Å². The average Bonchev–Trinajstić information content (AvgIpc) is 3.33. The van der Waals surface area contributed by atoms with E-state index >= 15 is 0 Å². The molecule has 0 amide bonds. The quantitative estimate of drug-likeness (QED) is 0.249. The van der Waals surface area contributed by atoms with Gasteiger partial charge >= 0.3 is 0 Å². The van der Waals surface area contributed by atoms with E-state index in [1.54, 1.807) is 37.3 Å². The number of nitrogens with one attached hydrogen (secondary N) is 1. The van der Waals surface area contributed by atoms with Gasteiger partial charge in [-0.3, -0.25) is 4.99 Å². The first-order chi connectivity index (χ1) is 15.4. The van der Waals surface area contributed by atoms with Gasteiger partial charge in [0.25, 0.3) is 0 Å². The van der Waals surface area contributed by atoms with Crippen molar-refractivity contribution in [2.24, 2.45) is 4.99 Å². The largest absolute Gasteiger partial charge is 0.350 e. The molecule has 0 radical (unpaired) electrons. The van der Waals surface area contributed by atoms with E-state index in [0.29, 0.717) is 21.9 Å². The number of thioether (sulfide) groups is 1. The highest BCUT2D eigenvalue weighted by atomic mass is 32.2. The van der Waals surface area contributed by atoms with Crippen molar-refractivity contribution in [2.75, 3.05) is 11.1 Å². The number of halogens is 5. The number of nitrogens with zero attached hydrogens (tertiary/aromatic N) is 1. The van der Waals surface area contributed by atoms with Crippen molar-refractivity contribution in [2.45, 2.75) is 13.0 Å². The molecule has 4 rings (SSSR count). The maximum absolute atomic E-state index is 14.4. The van der Waals surface area contributed by atoms with Crippen molar-refractivity contribution < 1.29 is 22.0 Å². The minimum atomic E-state index is -2.20. The molecule has 3 aromatic carbocycles. The number of aliphatic imine (C=N–C) groups is 1. The summed E-state index contributed by atoms with van der Waals surface area (Å²) in [6, 6.07) is 18.1. The third-order valence-corrected chi connectivity index (χ3v) is 6.22. The van der Waals surface area contributed by atoms with Crippen molar-refractivity contribution in [1.29, 1.82) is 0 Å². The second-order valence-corrected chi connectivity index (χ2v) is 8.12. The van der Waals surface area contributed by atoms with Crippen LogP contribution in [0.5, 0.6) is 0 Å². The predicted octanol–water partition coefficient (Wildman–Crippen LogP) is 7.11. The molecule has 2 nitrogen and oxygen atoms in total. The van der Waals surface area contributed by atoms with Crippen LogP contribution in [-0.4, -0.2) is 10.8 Å². The molecule has 0 saturated heterocycles. The number of anilines is 1.